The maximum absolute atomic E-state index is 15.6. The maximum atomic E-state index is 15.6. The van der Waals surface area contributed by atoms with Crippen molar-refractivity contribution in [3.63, 3.8) is 0 Å². The van der Waals surface area contributed by atoms with Crippen molar-refractivity contribution < 1.29 is 13.6 Å². The van der Waals surface area contributed by atoms with Gasteiger partial charge in [0.05, 0.1) is 16.5 Å². The zero-order chi connectivity index (χ0) is 35.0. The Morgan fingerprint density at radius 2 is 0.620 bits per heavy atom. The molecule has 0 bridgehead atoms. The quantitative estimate of drug-likeness (QED) is 0.107. The number of rotatable bonds is 14. The molecule has 0 saturated carbocycles. The lowest BCUT2D eigenvalue weighted by Gasteiger charge is -2.42. The Bertz CT molecular complexity index is 1700. The first kappa shape index (κ1) is 35.6. The summed E-state index contributed by atoms with van der Waals surface area (Å²) in [6.07, 6.45) is 0. The molecule has 0 fully saturated rings. The number of benzene rings is 6. The number of carbonyl (C=O) groups is 1. The Labute approximate surface area is 303 Å². The SMILES string of the molecule is C[Si](C)(C(=O)[Si](C)(C)C(O[Si](c1ccccc1)c1ccccc1)c1ccccc1)C(O[Si](c1ccccc1)c1ccccc1)c1ccccc1. The third kappa shape index (κ3) is 8.05. The molecule has 250 valence electrons. The van der Waals surface area contributed by atoms with E-state index in [2.05, 4.69) is 172 Å². The first-order chi connectivity index (χ1) is 24.3. The molecule has 0 aliphatic carbocycles. The fourth-order valence-electron chi connectivity index (χ4n) is 6.79. The highest BCUT2D eigenvalue weighted by molar-refractivity contribution is 7.32. The van der Waals surface area contributed by atoms with Gasteiger partial charge in [-0.1, -0.05) is 208 Å². The van der Waals surface area contributed by atoms with Crippen LogP contribution in [0.25, 0.3) is 0 Å². The summed E-state index contributed by atoms with van der Waals surface area (Å²) in [4.78, 5) is 15.6. The fourth-order valence-corrected chi connectivity index (χ4v) is 23.7. The highest BCUT2D eigenvalue weighted by Gasteiger charge is 2.53. The van der Waals surface area contributed by atoms with Crippen LogP contribution in [-0.2, 0) is 8.85 Å². The molecule has 0 aromatic heterocycles. The average molecular weight is 721 g/mol. The molecule has 6 rings (SSSR count). The number of hydrogen-bond acceptors (Lipinski definition) is 3. The lowest BCUT2D eigenvalue weighted by atomic mass is 10.2. The van der Waals surface area contributed by atoms with Crippen molar-refractivity contribution in [2.75, 3.05) is 0 Å². The second-order valence-electron chi connectivity index (χ2n) is 13.7. The molecular formula is C43H44O3Si4. The van der Waals surface area contributed by atoms with Crippen molar-refractivity contribution >= 4 is 60.0 Å². The van der Waals surface area contributed by atoms with Crippen LogP contribution >= 0.6 is 0 Å². The topological polar surface area (TPSA) is 35.5 Å². The minimum Gasteiger partial charge on any atom is -0.403 e. The van der Waals surface area contributed by atoms with E-state index >= 15 is 4.79 Å². The highest BCUT2D eigenvalue weighted by Crippen LogP contribution is 2.38. The summed E-state index contributed by atoms with van der Waals surface area (Å²) < 4.78 is 14.9. The molecule has 50 heavy (non-hydrogen) atoms. The summed E-state index contributed by atoms with van der Waals surface area (Å²) in [6.45, 7) is 8.89. The van der Waals surface area contributed by atoms with Crippen LogP contribution in [0.15, 0.2) is 182 Å². The van der Waals surface area contributed by atoms with Crippen LogP contribution in [0.3, 0.4) is 0 Å². The normalized spacial score (nSPS) is 13.2. The molecular weight excluding hydrogens is 677 g/mol. The maximum Gasteiger partial charge on any atom is 0.283 e. The predicted molar refractivity (Wildman–Crippen MR) is 217 cm³/mol. The lowest BCUT2D eigenvalue weighted by molar-refractivity contribution is 0.256. The van der Waals surface area contributed by atoms with Gasteiger partial charge < -0.3 is 13.6 Å². The van der Waals surface area contributed by atoms with Crippen LogP contribution in [0.4, 0.5) is 4.79 Å². The molecule has 0 N–H and O–H groups in total. The van der Waals surface area contributed by atoms with Gasteiger partial charge >= 0.3 is 0 Å². The molecule has 0 aliphatic heterocycles. The Hall–Kier alpha value is -4.22. The molecule has 7 heteroatoms. The third-order valence-electron chi connectivity index (χ3n) is 9.30. The number of hydrogen-bond donors (Lipinski definition) is 0. The van der Waals surface area contributed by atoms with Crippen molar-refractivity contribution in [1.29, 1.82) is 0 Å². The molecule has 2 atom stereocenters. The lowest BCUT2D eigenvalue weighted by Crippen LogP contribution is -2.62. The van der Waals surface area contributed by atoms with Gasteiger partial charge in [0, 0.05) is 0 Å². The third-order valence-corrected chi connectivity index (χ3v) is 23.9. The van der Waals surface area contributed by atoms with Crippen LogP contribution in [0.5, 0.6) is 0 Å². The fraction of sp³-hybridized carbons (Fsp3) is 0.140. The van der Waals surface area contributed by atoms with Gasteiger partial charge in [0.2, 0.25) is 0 Å². The monoisotopic (exact) mass is 720 g/mol. The zero-order valence-corrected chi connectivity index (χ0v) is 33.2. The summed E-state index contributed by atoms with van der Waals surface area (Å²) >= 11 is 0. The van der Waals surface area contributed by atoms with E-state index in [9.17, 15) is 0 Å². The molecule has 6 aromatic carbocycles. The van der Waals surface area contributed by atoms with Gasteiger partial charge in [-0.15, -0.1) is 0 Å². The van der Waals surface area contributed by atoms with Gasteiger partial charge in [-0.3, -0.25) is 0 Å². The summed E-state index contributed by atoms with van der Waals surface area (Å²) in [5.74, 6) is 0. The van der Waals surface area contributed by atoms with Crippen molar-refractivity contribution in [1.82, 2.24) is 0 Å². The van der Waals surface area contributed by atoms with E-state index in [4.69, 9.17) is 8.85 Å². The van der Waals surface area contributed by atoms with Gasteiger partial charge in [0.1, 0.15) is 0 Å². The van der Waals surface area contributed by atoms with Gasteiger partial charge in [-0.2, -0.15) is 0 Å². The van der Waals surface area contributed by atoms with Crippen LogP contribution in [0.1, 0.15) is 22.6 Å². The van der Waals surface area contributed by atoms with Crippen LogP contribution in [0.2, 0.25) is 26.2 Å². The van der Waals surface area contributed by atoms with E-state index in [-0.39, 0.29) is 11.5 Å². The van der Waals surface area contributed by atoms with Crippen LogP contribution < -0.4 is 20.7 Å². The van der Waals surface area contributed by atoms with Crippen LogP contribution in [0, 0.1) is 0 Å². The second kappa shape index (κ2) is 16.2. The average Bonchev–Trinajstić information content (AvgIpc) is 3.17. The van der Waals surface area contributed by atoms with Crippen molar-refractivity contribution in [2.45, 2.75) is 37.6 Å². The largest absolute Gasteiger partial charge is 0.403 e. The predicted octanol–water partition coefficient (Wildman–Crippen LogP) is 7.89. The molecule has 2 unspecified atom stereocenters. The van der Waals surface area contributed by atoms with E-state index < -0.39 is 34.2 Å². The van der Waals surface area contributed by atoms with Gasteiger partial charge in [-0.05, 0) is 31.9 Å². The second-order valence-corrected chi connectivity index (χ2v) is 27.2. The zero-order valence-electron chi connectivity index (χ0n) is 29.2. The standard InChI is InChI=1S/C43H44O3Si4/c1-49(2,41(35-23-11-5-12-24-35)45-47(37-27-15-7-16-28-37)38-29-17-8-18-30-38)43(44)50(3,4)42(36-25-13-6-14-26-36)46-48(39-31-19-9-20-32-39)40-33-21-10-22-34-40/h5-34,41-42H,1-4H3. The Morgan fingerprint density at radius 1 is 0.400 bits per heavy atom. The Balaban J connectivity index is 1.43. The van der Waals surface area contributed by atoms with E-state index in [0.29, 0.717) is 5.03 Å². The van der Waals surface area contributed by atoms with E-state index in [0.717, 1.165) is 11.1 Å². The summed E-state index contributed by atoms with van der Waals surface area (Å²) in [7, 11) is -9.17. The highest BCUT2D eigenvalue weighted by atomic mass is 28.4. The Morgan fingerprint density at radius 3 is 0.860 bits per heavy atom. The summed E-state index contributed by atoms with van der Waals surface area (Å²) in [5.41, 5.74) is 1.43. The van der Waals surface area contributed by atoms with Crippen molar-refractivity contribution in [3.8, 4) is 0 Å². The summed E-state index contributed by atoms with van der Waals surface area (Å²) in [5, 5.41) is 5.03. The molecule has 2 radical (unpaired) electrons. The Kier molecular flexibility index (Phi) is 11.5. The van der Waals surface area contributed by atoms with Gasteiger partial charge in [-0.25, -0.2) is 0 Å². The van der Waals surface area contributed by atoms with E-state index in [1.54, 1.807) is 0 Å². The van der Waals surface area contributed by atoms with Crippen LogP contribution in [-0.4, -0.2) is 39.3 Å². The first-order valence-corrected chi connectivity index (χ1v) is 26.2. The molecule has 6 aromatic rings. The van der Waals surface area contributed by atoms with Crippen molar-refractivity contribution in [3.05, 3.63) is 193 Å². The molecule has 0 aliphatic rings. The molecule has 3 nitrogen and oxygen atoms in total. The van der Waals surface area contributed by atoms with E-state index in [1.807, 2.05) is 36.4 Å². The molecule has 0 spiro atoms. The van der Waals surface area contributed by atoms with Crippen molar-refractivity contribution in [2.24, 2.45) is 0 Å². The van der Waals surface area contributed by atoms with E-state index in [1.165, 1.54) is 20.7 Å². The smallest absolute Gasteiger partial charge is 0.283 e. The molecule has 0 saturated heterocycles. The van der Waals surface area contributed by atoms with Gasteiger partial charge in [0.15, 0.2) is 16.1 Å². The van der Waals surface area contributed by atoms with Gasteiger partial charge in [0.25, 0.3) is 18.1 Å². The summed E-state index contributed by atoms with van der Waals surface area (Å²) in [6, 6.07) is 62.9. The first-order valence-electron chi connectivity index (χ1n) is 17.2. The molecule has 0 heterocycles. The molecule has 0 amide bonds. The minimum atomic E-state index is -2.89. The minimum absolute atomic E-state index is 0.346. The number of carbonyl (C=O) groups excluding carboxylic acids is 1.